The molecule has 0 radical (unpaired) electrons. The van der Waals surface area contributed by atoms with Crippen LogP contribution in [0, 0.1) is 0 Å². The maximum Gasteiger partial charge on any atom is 0.162 e. The van der Waals surface area contributed by atoms with E-state index < -0.39 is 0 Å². The molecule has 1 aliphatic heterocycles. The summed E-state index contributed by atoms with van der Waals surface area (Å²) in [6.45, 7) is 1.74. The van der Waals surface area contributed by atoms with Crippen molar-refractivity contribution >= 4 is 22.6 Å². The molecule has 1 atom stereocenters. The van der Waals surface area contributed by atoms with E-state index in [4.69, 9.17) is 21.1 Å². The van der Waals surface area contributed by atoms with Gasteiger partial charge in [0.05, 0.1) is 24.3 Å². The Kier molecular flexibility index (Phi) is 3.15. The number of fused-ring (bicyclic) bond motifs is 1. The van der Waals surface area contributed by atoms with Crippen molar-refractivity contribution in [1.29, 1.82) is 0 Å². The fourth-order valence-corrected chi connectivity index (χ4v) is 2.16. The third-order valence-electron chi connectivity index (χ3n) is 2.93. The van der Waals surface area contributed by atoms with Crippen LogP contribution in [-0.4, -0.2) is 39.1 Å². The highest BCUT2D eigenvalue weighted by Gasteiger charge is 2.17. The molecule has 96 valence electrons. The van der Waals surface area contributed by atoms with E-state index in [9.17, 15) is 0 Å². The van der Waals surface area contributed by atoms with Crippen LogP contribution >= 0.6 is 11.6 Å². The summed E-state index contributed by atoms with van der Waals surface area (Å²) in [5.41, 5.74) is 0.719. The molecular weight excluding hydrogens is 256 g/mol. The number of nitrogens with zero attached hydrogens (tertiary/aromatic N) is 4. The SMILES string of the molecule is Cn1ncc2c(Cl)nc(COC3CCOC3)nc21. The van der Waals surface area contributed by atoms with Gasteiger partial charge in [-0.15, -0.1) is 0 Å². The molecular formula is C11H13ClN4O2. The highest BCUT2D eigenvalue weighted by molar-refractivity contribution is 6.33. The number of hydrogen-bond acceptors (Lipinski definition) is 5. The Labute approximate surface area is 109 Å². The van der Waals surface area contributed by atoms with Gasteiger partial charge in [0, 0.05) is 13.7 Å². The third-order valence-corrected chi connectivity index (χ3v) is 3.22. The first-order valence-electron chi connectivity index (χ1n) is 5.77. The van der Waals surface area contributed by atoms with Crippen molar-refractivity contribution in [3.63, 3.8) is 0 Å². The molecule has 0 N–H and O–H groups in total. The number of ether oxygens (including phenoxy) is 2. The van der Waals surface area contributed by atoms with E-state index in [2.05, 4.69) is 15.1 Å². The molecule has 1 unspecified atom stereocenters. The van der Waals surface area contributed by atoms with Gasteiger partial charge in [-0.25, -0.2) is 9.97 Å². The fraction of sp³-hybridized carbons (Fsp3) is 0.545. The molecule has 0 saturated carbocycles. The maximum absolute atomic E-state index is 6.09. The van der Waals surface area contributed by atoms with Crippen LogP contribution in [0.25, 0.3) is 11.0 Å². The second kappa shape index (κ2) is 4.79. The van der Waals surface area contributed by atoms with Crippen LogP contribution < -0.4 is 0 Å². The lowest BCUT2D eigenvalue weighted by atomic mass is 10.3. The summed E-state index contributed by atoms with van der Waals surface area (Å²) in [7, 11) is 1.82. The lowest BCUT2D eigenvalue weighted by Gasteiger charge is -2.09. The summed E-state index contributed by atoms with van der Waals surface area (Å²) in [5.74, 6) is 0.572. The Morgan fingerprint density at radius 3 is 3.22 bits per heavy atom. The van der Waals surface area contributed by atoms with Crippen LogP contribution in [0.1, 0.15) is 12.2 Å². The van der Waals surface area contributed by atoms with Gasteiger partial charge < -0.3 is 9.47 Å². The van der Waals surface area contributed by atoms with Crippen molar-refractivity contribution < 1.29 is 9.47 Å². The van der Waals surface area contributed by atoms with Crippen LogP contribution in [-0.2, 0) is 23.1 Å². The molecule has 6 nitrogen and oxygen atoms in total. The largest absolute Gasteiger partial charge is 0.379 e. The van der Waals surface area contributed by atoms with E-state index in [1.165, 1.54) is 0 Å². The molecule has 1 aliphatic rings. The zero-order valence-corrected chi connectivity index (χ0v) is 10.7. The first-order chi connectivity index (χ1) is 8.74. The minimum absolute atomic E-state index is 0.134. The van der Waals surface area contributed by atoms with Gasteiger partial charge in [0.25, 0.3) is 0 Å². The molecule has 2 aromatic heterocycles. The van der Waals surface area contributed by atoms with Gasteiger partial charge in [-0.3, -0.25) is 4.68 Å². The van der Waals surface area contributed by atoms with E-state index in [0.29, 0.717) is 24.2 Å². The molecule has 1 fully saturated rings. The number of aromatic nitrogens is 4. The van der Waals surface area contributed by atoms with E-state index in [0.717, 1.165) is 24.1 Å². The van der Waals surface area contributed by atoms with Gasteiger partial charge in [-0.1, -0.05) is 11.6 Å². The predicted octanol–water partition coefficient (Wildman–Crippen LogP) is 1.32. The van der Waals surface area contributed by atoms with Crippen molar-refractivity contribution in [2.24, 2.45) is 7.05 Å². The second-order valence-corrected chi connectivity index (χ2v) is 4.59. The molecule has 0 aliphatic carbocycles. The number of hydrogen-bond donors (Lipinski definition) is 0. The van der Waals surface area contributed by atoms with Gasteiger partial charge in [-0.2, -0.15) is 5.10 Å². The highest BCUT2D eigenvalue weighted by Crippen LogP contribution is 2.20. The standard InChI is InChI=1S/C11H13ClN4O2/c1-16-11-8(4-13-16)10(12)14-9(15-11)6-18-7-2-3-17-5-7/h4,7H,2-3,5-6H2,1H3. The number of halogens is 1. The minimum Gasteiger partial charge on any atom is -0.379 e. The molecule has 0 aromatic carbocycles. The lowest BCUT2D eigenvalue weighted by Crippen LogP contribution is -2.13. The first-order valence-corrected chi connectivity index (χ1v) is 6.15. The monoisotopic (exact) mass is 268 g/mol. The topological polar surface area (TPSA) is 62.1 Å². The first kappa shape index (κ1) is 11.8. The summed E-state index contributed by atoms with van der Waals surface area (Å²) < 4.78 is 12.6. The Morgan fingerprint density at radius 2 is 2.44 bits per heavy atom. The second-order valence-electron chi connectivity index (χ2n) is 4.23. The quantitative estimate of drug-likeness (QED) is 0.786. The van der Waals surface area contributed by atoms with Crippen molar-refractivity contribution in [2.75, 3.05) is 13.2 Å². The molecule has 7 heteroatoms. The summed E-state index contributed by atoms with van der Waals surface area (Å²) >= 11 is 6.09. The Hall–Kier alpha value is -1.24. The van der Waals surface area contributed by atoms with Gasteiger partial charge in [0.15, 0.2) is 11.5 Å². The molecule has 3 rings (SSSR count). The van der Waals surface area contributed by atoms with Crippen LogP contribution in [0.2, 0.25) is 5.15 Å². The summed E-state index contributed by atoms with van der Waals surface area (Å²) in [4.78, 5) is 8.61. The van der Waals surface area contributed by atoms with Gasteiger partial charge in [0.2, 0.25) is 0 Å². The predicted molar refractivity (Wildman–Crippen MR) is 65.3 cm³/mol. The Morgan fingerprint density at radius 1 is 1.56 bits per heavy atom. The van der Waals surface area contributed by atoms with Crippen LogP contribution in [0.4, 0.5) is 0 Å². The van der Waals surface area contributed by atoms with Gasteiger partial charge in [-0.05, 0) is 6.42 Å². The van der Waals surface area contributed by atoms with Crippen molar-refractivity contribution in [3.8, 4) is 0 Å². The molecule has 2 aromatic rings. The maximum atomic E-state index is 6.09. The zero-order valence-electron chi connectivity index (χ0n) is 9.97. The number of aryl methyl sites for hydroxylation is 1. The highest BCUT2D eigenvalue weighted by atomic mass is 35.5. The van der Waals surface area contributed by atoms with Crippen LogP contribution in [0.15, 0.2) is 6.20 Å². The van der Waals surface area contributed by atoms with Gasteiger partial charge in [0.1, 0.15) is 11.8 Å². The molecule has 0 spiro atoms. The summed E-state index contributed by atoms with van der Waals surface area (Å²) in [6, 6.07) is 0. The molecule has 0 amide bonds. The Bertz CT molecular complexity index is 565. The molecule has 0 bridgehead atoms. The zero-order chi connectivity index (χ0) is 12.5. The summed E-state index contributed by atoms with van der Waals surface area (Å²) in [5, 5.41) is 5.27. The average Bonchev–Trinajstić information content (AvgIpc) is 2.98. The summed E-state index contributed by atoms with van der Waals surface area (Å²) in [6.07, 6.45) is 2.71. The normalized spacial score (nSPS) is 19.8. The smallest absolute Gasteiger partial charge is 0.162 e. The minimum atomic E-state index is 0.134. The average molecular weight is 269 g/mol. The third kappa shape index (κ3) is 2.19. The fourth-order valence-electron chi connectivity index (χ4n) is 1.93. The van der Waals surface area contributed by atoms with Crippen LogP contribution in [0.5, 0.6) is 0 Å². The molecule has 18 heavy (non-hydrogen) atoms. The van der Waals surface area contributed by atoms with Crippen LogP contribution in [0.3, 0.4) is 0 Å². The van der Waals surface area contributed by atoms with E-state index in [1.807, 2.05) is 7.05 Å². The van der Waals surface area contributed by atoms with Crippen molar-refractivity contribution in [3.05, 3.63) is 17.2 Å². The number of rotatable bonds is 3. The van der Waals surface area contributed by atoms with Crippen molar-refractivity contribution in [2.45, 2.75) is 19.1 Å². The lowest BCUT2D eigenvalue weighted by molar-refractivity contribution is 0.0285. The van der Waals surface area contributed by atoms with E-state index >= 15 is 0 Å². The van der Waals surface area contributed by atoms with E-state index in [1.54, 1.807) is 10.9 Å². The van der Waals surface area contributed by atoms with E-state index in [-0.39, 0.29) is 6.10 Å². The Balaban J connectivity index is 1.81. The molecule has 3 heterocycles. The molecule has 1 saturated heterocycles. The van der Waals surface area contributed by atoms with Crippen molar-refractivity contribution in [1.82, 2.24) is 19.7 Å². The van der Waals surface area contributed by atoms with Gasteiger partial charge >= 0.3 is 0 Å².